The monoisotopic (exact) mass is 292 g/mol. The highest BCUT2D eigenvalue weighted by atomic mass is 35.5. The van der Waals surface area contributed by atoms with Gasteiger partial charge in [0.05, 0.1) is 19.8 Å². The fraction of sp³-hybridized carbons (Fsp3) is 0.364. The predicted molar refractivity (Wildman–Crippen MR) is 68.6 cm³/mol. The normalized spacial score (nSPS) is 11.1. The van der Waals surface area contributed by atoms with Crippen molar-refractivity contribution < 1.29 is 22.7 Å². The Morgan fingerprint density at radius 2 is 1.89 bits per heavy atom. The minimum Gasteiger partial charge on any atom is -0.495 e. The Labute approximate surface area is 111 Å². The summed E-state index contributed by atoms with van der Waals surface area (Å²) >= 11 is 5.98. The maximum Gasteiger partial charge on any atom is 0.181 e. The van der Waals surface area contributed by atoms with E-state index in [0.29, 0.717) is 5.75 Å². The molecule has 0 saturated carbocycles. The van der Waals surface area contributed by atoms with Gasteiger partial charge in [-0.05, 0) is 12.1 Å². The highest BCUT2D eigenvalue weighted by Crippen LogP contribution is 2.37. The summed E-state index contributed by atoms with van der Waals surface area (Å²) in [7, 11) is -0.630. The maximum absolute atomic E-state index is 11.8. The van der Waals surface area contributed by atoms with E-state index in [1.54, 1.807) is 0 Å². The molecule has 0 atom stereocenters. The zero-order valence-corrected chi connectivity index (χ0v) is 11.8. The van der Waals surface area contributed by atoms with Gasteiger partial charge >= 0.3 is 0 Å². The number of carbonyl (C=O) groups excluding carboxylic acids is 1. The SMILES string of the molecule is COc1ccc(C(=O)CS(C)(=O)=O)c(OC)c1Cl. The Bertz CT molecular complexity index is 565. The first-order valence-corrected chi connectivity index (χ1v) is 7.35. The molecule has 1 aromatic rings. The van der Waals surface area contributed by atoms with Gasteiger partial charge in [0.2, 0.25) is 0 Å². The van der Waals surface area contributed by atoms with Crippen molar-refractivity contribution in [3.05, 3.63) is 22.7 Å². The fourth-order valence-corrected chi connectivity index (χ4v) is 2.38. The van der Waals surface area contributed by atoms with Crippen LogP contribution in [-0.2, 0) is 9.84 Å². The molecule has 0 spiro atoms. The minimum atomic E-state index is -3.40. The van der Waals surface area contributed by atoms with Crippen molar-refractivity contribution in [3.8, 4) is 11.5 Å². The fourth-order valence-electron chi connectivity index (χ4n) is 1.43. The number of hydrogen-bond donors (Lipinski definition) is 0. The number of sulfone groups is 1. The van der Waals surface area contributed by atoms with E-state index in [9.17, 15) is 13.2 Å². The lowest BCUT2D eigenvalue weighted by molar-refractivity contribution is 0.101. The summed E-state index contributed by atoms with van der Waals surface area (Å²) in [5.74, 6) is -0.695. The van der Waals surface area contributed by atoms with E-state index >= 15 is 0 Å². The van der Waals surface area contributed by atoms with Gasteiger partial charge in [-0.1, -0.05) is 11.6 Å². The van der Waals surface area contributed by atoms with Crippen molar-refractivity contribution >= 4 is 27.2 Å². The van der Waals surface area contributed by atoms with Crippen LogP contribution in [0.2, 0.25) is 5.02 Å². The highest BCUT2D eigenvalue weighted by molar-refractivity contribution is 7.91. The molecule has 0 heterocycles. The number of hydrogen-bond acceptors (Lipinski definition) is 5. The summed E-state index contributed by atoms with van der Waals surface area (Å²) < 4.78 is 32.2. The minimum absolute atomic E-state index is 0.115. The third-order valence-electron chi connectivity index (χ3n) is 2.18. The first-order valence-electron chi connectivity index (χ1n) is 4.91. The second kappa shape index (κ2) is 5.58. The number of benzene rings is 1. The number of carbonyl (C=O) groups is 1. The van der Waals surface area contributed by atoms with Crippen LogP contribution in [0.15, 0.2) is 12.1 Å². The second-order valence-corrected chi connectivity index (χ2v) is 6.17. The van der Waals surface area contributed by atoms with Crippen molar-refractivity contribution in [1.82, 2.24) is 0 Å². The lowest BCUT2D eigenvalue weighted by atomic mass is 10.1. The molecular formula is C11H13ClO5S. The molecule has 0 unspecified atom stereocenters. The van der Waals surface area contributed by atoms with Crippen molar-refractivity contribution in [2.75, 3.05) is 26.2 Å². The molecule has 0 bridgehead atoms. The van der Waals surface area contributed by atoms with E-state index in [4.69, 9.17) is 21.1 Å². The van der Waals surface area contributed by atoms with E-state index in [-0.39, 0.29) is 16.3 Å². The Kier molecular flexibility index (Phi) is 4.59. The number of Topliss-reactive ketones (excluding diaryl/α,β-unsaturated/α-hetero) is 1. The van der Waals surface area contributed by atoms with Crippen LogP contribution in [-0.4, -0.2) is 40.4 Å². The molecule has 100 valence electrons. The van der Waals surface area contributed by atoms with Gasteiger partial charge in [-0.25, -0.2) is 8.42 Å². The third-order valence-corrected chi connectivity index (χ3v) is 3.32. The van der Waals surface area contributed by atoms with Crippen molar-refractivity contribution in [1.29, 1.82) is 0 Å². The number of halogens is 1. The summed E-state index contributed by atoms with van der Waals surface area (Å²) in [6.07, 6.45) is 0.989. The third kappa shape index (κ3) is 3.36. The second-order valence-electron chi connectivity index (χ2n) is 3.66. The molecule has 0 fully saturated rings. The van der Waals surface area contributed by atoms with Crippen LogP contribution < -0.4 is 9.47 Å². The maximum atomic E-state index is 11.8. The largest absolute Gasteiger partial charge is 0.495 e. The molecule has 0 aliphatic heterocycles. The molecule has 1 rings (SSSR count). The molecule has 18 heavy (non-hydrogen) atoms. The molecule has 5 nitrogen and oxygen atoms in total. The van der Waals surface area contributed by atoms with Crippen LogP contribution in [0.25, 0.3) is 0 Å². The van der Waals surface area contributed by atoms with Crippen molar-refractivity contribution in [2.24, 2.45) is 0 Å². The molecule has 0 N–H and O–H groups in total. The van der Waals surface area contributed by atoms with Crippen LogP contribution >= 0.6 is 11.6 Å². The highest BCUT2D eigenvalue weighted by Gasteiger charge is 2.21. The van der Waals surface area contributed by atoms with Crippen LogP contribution in [0.5, 0.6) is 11.5 Å². The van der Waals surface area contributed by atoms with Crippen molar-refractivity contribution in [3.63, 3.8) is 0 Å². The van der Waals surface area contributed by atoms with Gasteiger partial charge in [-0.15, -0.1) is 0 Å². The molecule has 1 aromatic carbocycles. The molecule has 0 saturated heterocycles. The van der Waals surface area contributed by atoms with Gasteiger partial charge in [-0.2, -0.15) is 0 Å². The van der Waals surface area contributed by atoms with E-state index in [2.05, 4.69) is 0 Å². The molecule has 0 aliphatic carbocycles. The molecule has 0 aromatic heterocycles. The van der Waals surface area contributed by atoms with Crippen LogP contribution in [0.1, 0.15) is 10.4 Å². The number of methoxy groups -OCH3 is 2. The quantitative estimate of drug-likeness (QED) is 0.771. The van der Waals surface area contributed by atoms with Gasteiger partial charge in [0.1, 0.15) is 16.5 Å². The summed E-state index contributed by atoms with van der Waals surface area (Å²) in [6, 6.07) is 2.91. The van der Waals surface area contributed by atoms with Gasteiger partial charge < -0.3 is 9.47 Å². The lowest BCUT2D eigenvalue weighted by Gasteiger charge is -2.12. The van der Waals surface area contributed by atoms with E-state index in [1.807, 2.05) is 0 Å². The van der Waals surface area contributed by atoms with E-state index in [1.165, 1.54) is 26.4 Å². The zero-order valence-electron chi connectivity index (χ0n) is 10.2. The Hall–Kier alpha value is -1.27. The summed E-state index contributed by atoms with van der Waals surface area (Å²) in [4.78, 5) is 11.8. The predicted octanol–water partition coefficient (Wildman–Crippen LogP) is 1.58. The van der Waals surface area contributed by atoms with Crippen LogP contribution in [0, 0.1) is 0 Å². The first kappa shape index (κ1) is 14.8. The zero-order chi connectivity index (χ0) is 13.9. The number of ether oxygens (including phenoxy) is 2. The Morgan fingerprint density at radius 3 is 2.33 bits per heavy atom. The topological polar surface area (TPSA) is 69.7 Å². The first-order chi connectivity index (χ1) is 8.30. The number of ketones is 1. The van der Waals surface area contributed by atoms with Crippen molar-refractivity contribution in [2.45, 2.75) is 0 Å². The average molecular weight is 293 g/mol. The van der Waals surface area contributed by atoms with E-state index < -0.39 is 21.4 Å². The molecule has 7 heteroatoms. The Balaban J connectivity index is 3.25. The summed E-state index contributed by atoms with van der Waals surface area (Å²) in [5.41, 5.74) is 0.119. The van der Waals surface area contributed by atoms with Crippen LogP contribution in [0.4, 0.5) is 0 Å². The Morgan fingerprint density at radius 1 is 1.28 bits per heavy atom. The molecular weight excluding hydrogens is 280 g/mol. The average Bonchev–Trinajstić information content (AvgIpc) is 2.26. The smallest absolute Gasteiger partial charge is 0.181 e. The van der Waals surface area contributed by atoms with E-state index in [0.717, 1.165) is 6.26 Å². The van der Waals surface area contributed by atoms with Gasteiger partial charge in [-0.3, -0.25) is 4.79 Å². The summed E-state index contributed by atoms with van der Waals surface area (Å²) in [5, 5.41) is 0.138. The standard InChI is InChI=1S/C11H13ClO5S/c1-16-9-5-4-7(11(17-2)10(9)12)8(13)6-18(3,14)15/h4-5H,6H2,1-3H3. The van der Waals surface area contributed by atoms with Crippen LogP contribution in [0.3, 0.4) is 0 Å². The molecule has 0 amide bonds. The van der Waals surface area contributed by atoms with Gasteiger partial charge in [0, 0.05) is 6.26 Å². The van der Waals surface area contributed by atoms with Gasteiger partial charge in [0.15, 0.2) is 21.4 Å². The molecule has 0 aliphatic rings. The number of rotatable bonds is 5. The summed E-state index contributed by atoms with van der Waals surface area (Å²) in [6.45, 7) is 0. The molecule has 0 radical (unpaired) electrons. The lowest BCUT2D eigenvalue weighted by Crippen LogP contribution is -2.15. The van der Waals surface area contributed by atoms with Gasteiger partial charge in [0.25, 0.3) is 0 Å².